The second-order valence-electron chi connectivity index (χ2n) is 7.62. The summed E-state index contributed by atoms with van der Waals surface area (Å²) in [4.78, 5) is 14.8. The van der Waals surface area contributed by atoms with Gasteiger partial charge in [0.25, 0.3) is 0 Å². The molecule has 2 fully saturated rings. The molecule has 0 radical (unpaired) electrons. The molecule has 7 nitrogen and oxygen atoms in total. The second kappa shape index (κ2) is 10.7. The molecule has 1 amide bonds. The summed E-state index contributed by atoms with van der Waals surface area (Å²) in [5.74, 6) is -0.189. The Morgan fingerprint density at radius 1 is 1.14 bits per heavy atom. The minimum absolute atomic E-state index is 0.0372. The maximum Gasteiger partial charge on any atom is 0.223 e. The first kappa shape index (κ1) is 22.5. The average Bonchev–Trinajstić information content (AvgIpc) is 2.73. The van der Waals surface area contributed by atoms with Crippen LogP contribution in [-0.2, 0) is 25.3 Å². The van der Waals surface area contributed by atoms with Gasteiger partial charge in [-0.3, -0.25) is 9.69 Å². The van der Waals surface area contributed by atoms with E-state index in [1.165, 1.54) is 4.31 Å². The number of amides is 1. The highest BCUT2D eigenvalue weighted by molar-refractivity contribution is 7.88. The number of sulfonamides is 1. The van der Waals surface area contributed by atoms with E-state index in [1.807, 2.05) is 0 Å². The second-order valence-corrected chi connectivity index (χ2v) is 10.00. The SMILES string of the molecule is O=C(NCCCN1CCOCC1)C1CCN(S(=O)(=O)Cc2ccccc2Cl)CC1. The molecule has 0 atom stereocenters. The van der Waals surface area contributed by atoms with Crippen LogP contribution in [0.25, 0.3) is 0 Å². The molecule has 0 aromatic heterocycles. The fourth-order valence-corrected chi connectivity index (χ4v) is 5.66. The third kappa shape index (κ3) is 6.65. The first-order valence-corrected chi connectivity index (χ1v) is 12.2. The minimum atomic E-state index is -3.44. The molecule has 2 aliphatic rings. The zero-order valence-electron chi connectivity index (χ0n) is 16.7. The van der Waals surface area contributed by atoms with E-state index in [-0.39, 0.29) is 17.6 Å². The van der Waals surface area contributed by atoms with Gasteiger partial charge in [-0.1, -0.05) is 29.8 Å². The first-order valence-electron chi connectivity index (χ1n) is 10.2. The molecule has 0 aliphatic carbocycles. The van der Waals surface area contributed by atoms with Crippen LogP contribution in [0.4, 0.5) is 0 Å². The summed E-state index contributed by atoms with van der Waals surface area (Å²) in [5, 5.41) is 3.47. The molecule has 2 heterocycles. The molecule has 2 aliphatic heterocycles. The predicted octanol–water partition coefficient (Wildman–Crippen LogP) is 1.72. The largest absolute Gasteiger partial charge is 0.379 e. The van der Waals surface area contributed by atoms with Crippen molar-refractivity contribution in [2.24, 2.45) is 5.92 Å². The van der Waals surface area contributed by atoms with Gasteiger partial charge in [-0.05, 0) is 37.4 Å². The third-order valence-corrected chi connectivity index (χ3v) is 7.76. The van der Waals surface area contributed by atoms with Crippen LogP contribution >= 0.6 is 11.6 Å². The van der Waals surface area contributed by atoms with Crippen LogP contribution in [0.3, 0.4) is 0 Å². The van der Waals surface area contributed by atoms with Crippen LogP contribution in [0.1, 0.15) is 24.8 Å². The van der Waals surface area contributed by atoms with Crippen molar-refractivity contribution >= 4 is 27.5 Å². The lowest BCUT2D eigenvalue weighted by Crippen LogP contribution is -2.44. The fraction of sp³-hybridized carbons (Fsp3) is 0.650. The Hall–Kier alpha value is -1.19. The van der Waals surface area contributed by atoms with E-state index in [2.05, 4.69) is 10.2 Å². The summed E-state index contributed by atoms with van der Waals surface area (Å²) in [6.45, 7) is 5.83. The number of rotatable bonds is 8. The van der Waals surface area contributed by atoms with Crippen LogP contribution in [-0.4, -0.2) is 76.0 Å². The lowest BCUT2D eigenvalue weighted by Gasteiger charge is -2.31. The Kier molecular flexibility index (Phi) is 8.32. The van der Waals surface area contributed by atoms with Gasteiger partial charge >= 0.3 is 0 Å². The normalized spacial score (nSPS) is 19.9. The summed E-state index contributed by atoms with van der Waals surface area (Å²) in [6.07, 6.45) is 2.02. The number of morpholine rings is 1. The monoisotopic (exact) mass is 443 g/mol. The van der Waals surface area contributed by atoms with Gasteiger partial charge in [0.2, 0.25) is 15.9 Å². The van der Waals surface area contributed by atoms with Crippen LogP contribution in [0.5, 0.6) is 0 Å². The van der Waals surface area contributed by atoms with Crippen molar-refractivity contribution in [2.75, 3.05) is 52.5 Å². The van der Waals surface area contributed by atoms with Crippen molar-refractivity contribution in [1.82, 2.24) is 14.5 Å². The van der Waals surface area contributed by atoms with E-state index in [0.29, 0.717) is 43.1 Å². The fourth-order valence-electron chi connectivity index (χ4n) is 3.78. The van der Waals surface area contributed by atoms with Crippen LogP contribution < -0.4 is 5.32 Å². The average molecular weight is 444 g/mol. The Bertz CT molecular complexity index is 776. The maximum absolute atomic E-state index is 12.7. The van der Waals surface area contributed by atoms with Crippen LogP contribution in [0.2, 0.25) is 5.02 Å². The minimum Gasteiger partial charge on any atom is -0.379 e. The van der Waals surface area contributed by atoms with Crippen molar-refractivity contribution < 1.29 is 17.9 Å². The molecule has 0 bridgehead atoms. The Morgan fingerprint density at radius 2 is 1.83 bits per heavy atom. The first-order chi connectivity index (χ1) is 14.0. The molecule has 2 saturated heterocycles. The molecule has 1 aromatic rings. The smallest absolute Gasteiger partial charge is 0.223 e. The summed E-state index contributed by atoms with van der Waals surface area (Å²) in [5.41, 5.74) is 0.606. The number of nitrogens with zero attached hydrogens (tertiary/aromatic N) is 2. The maximum atomic E-state index is 12.7. The van der Waals surface area contributed by atoms with Gasteiger partial charge in [0, 0.05) is 43.7 Å². The lowest BCUT2D eigenvalue weighted by atomic mass is 9.97. The molecule has 3 rings (SSSR count). The van der Waals surface area contributed by atoms with Gasteiger partial charge in [-0.2, -0.15) is 0 Å². The number of halogens is 1. The number of hydrogen-bond donors (Lipinski definition) is 1. The number of piperidine rings is 1. The topological polar surface area (TPSA) is 79.0 Å². The van der Waals surface area contributed by atoms with Gasteiger partial charge in [-0.25, -0.2) is 12.7 Å². The Balaban J connectivity index is 1.38. The van der Waals surface area contributed by atoms with Gasteiger partial charge in [0.05, 0.1) is 19.0 Å². The number of hydrogen-bond acceptors (Lipinski definition) is 5. The van der Waals surface area contributed by atoms with E-state index in [9.17, 15) is 13.2 Å². The van der Waals surface area contributed by atoms with Crippen LogP contribution in [0.15, 0.2) is 24.3 Å². The van der Waals surface area contributed by atoms with Gasteiger partial charge in [-0.15, -0.1) is 0 Å². The zero-order chi connectivity index (χ0) is 20.7. The zero-order valence-corrected chi connectivity index (χ0v) is 18.3. The van der Waals surface area contributed by atoms with Crippen LogP contribution in [0, 0.1) is 5.92 Å². The highest BCUT2D eigenvalue weighted by Gasteiger charge is 2.31. The summed E-state index contributed by atoms with van der Waals surface area (Å²) >= 11 is 6.10. The third-order valence-electron chi connectivity index (χ3n) is 5.57. The van der Waals surface area contributed by atoms with E-state index < -0.39 is 10.0 Å². The van der Waals surface area contributed by atoms with E-state index >= 15 is 0 Å². The highest BCUT2D eigenvalue weighted by atomic mass is 35.5. The van der Waals surface area contributed by atoms with Gasteiger partial charge < -0.3 is 10.1 Å². The lowest BCUT2D eigenvalue weighted by molar-refractivity contribution is -0.126. The molecule has 1 aromatic carbocycles. The van der Waals surface area contributed by atoms with Gasteiger partial charge in [0.15, 0.2) is 0 Å². The predicted molar refractivity (Wildman–Crippen MR) is 113 cm³/mol. The quantitative estimate of drug-likeness (QED) is 0.619. The Labute approximate surface area is 178 Å². The Morgan fingerprint density at radius 3 is 2.52 bits per heavy atom. The molecule has 1 N–H and O–H groups in total. The number of carbonyl (C=O) groups excluding carboxylic acids is 1. The molecule has 162 valence electrons. The molecule has 29 heavy (non-hydrogen) atoms. The number of nitrogens with one attached hydrogen (secondary N) is 1. The van der Waals surface area contributed by atoms with E-state index in [4.69, 9.17) is 16.3 Å². The molecule has 0 saturated carbocycles. The van der Waals surface area contributed by atoms with E-state index in [1.54, 1.807) is 24.3 Å². The van der Waals surface area contributed by atoms with Crippen molar-refractivity contribution in [3.05, 3.63) is 34.9 Å². The molecule has 9 heteroatoms. The highest BCUT2D eigenvalue weighted by Crippen LogP contribution is 2.24. The van der Waals surface area contributed by atoms with Crippen molar-refractivity contribution in [2.45, 2.75) is 25.0 Å². The molecular formula is C20H30ClN3O4S. The number of benzene rings is 1. The van der Waals surface area contributed by atoms with E-state index in [0.717, 1.165) is 39.3 Å². The molecular weight excluding hydrogens is 414 g/mol. The summed E-state index contributed by atoms with van der Waals surface area (Å²) in [7, 11) is -3.44. The molecule has 0 spiro atoms. The molecule has 0 unspecified atom stereocenters. The van der Waals surface area contributed by atoms with Gasteiger partial charge in [0.1, 0.15) is 0 Å². The summed E-state index contributed by atoms with van der Waals surface area (Å²) in [6, 6.07) is 6.99. The van der Waals surface area contributed by atoms with Crippen molar-refractivity contribution in [1.29, 1.82) is 0 Å². The summed E-state index contributed by atoms with van der Waals surface area (Å²) < 4.78 is 32.2. The van der Waals surface area contributed by atoms with Crippen molar-refractivity contribution in [3.8, 4) is 0 Å². The standard InChI is InChI=1S/C20H30ClN3O4S/c21-19-5-2-1-4-18(19)16-29(26,27)24-10-6-17(7-11-24)20(25)22-8-3-9-23-12-14-28-15-13-23/h1-2,4-5,17H,3,6-16H2,(H,22,25). The number of carbonyl (C=O) groups is 1. The van der Waals surface area contributed by atoms with Crippen molar-refractivity contribution in [3.63, 3.8) is 0 Å². The number of ether oxygens (including phenoxy) is 1.